The van der Waals surface area contributed by atoms with Gasteiger partial charge in [-0.3, -0.25) is 0 Å². The number of sulfone groups is 1. The monoisotopic (exact) mass is 408 g/mol. The minimum atomic E-state index is -3.88. The molecule has 0 radical (unpaired) electrons. The van der Waals surface area contributed by atoms with E-state index < -0.39 is 44.4 Å². The molecule has 8 heteroatoms. The lowest BCUT2D eigenvalue weighted by Gasteiger charge is -2.03. The van der Waals surface area contributed by atoms with Crippen molar-refractivity contribution < 1.29 is 26.0 Å². The fourth-order valence-electron chi connectivity index (χ4n) is 1.77. The van der Waals surface area contributed by atoms with Crippen molar-refractivity contribution in [2.75, 3.05) is 0 Å². The first-order chi connectivity index (χ1) is 10.7. The van der Waals surface area contributed by atoms with Gasteiger partial charge in [0, 0.05) is 15.9 Å². The lowest BCUT2D eigenvalue weighted by Crippen LogP contribution is -2.02. The van der Waals surface area contributed by atoms with E-state index >= 15 is 0 Å². The van der Waals surface area contributed by atoms with E-state index in [4.69, 9.17) is 0 Å². The van der Waals surface area contributed by atoms with Crippen molar-refractivity contribution in [2.45, 2.75) is 5.75 Å². The standard InChI is InChI=1S/C15H9BrF4O2S/c16-10-3-1-9(2-4-10)8-23(21,22)6-5-11-14(19)12(17)7-13(18)15(11)20/h1-7H,8H2/b6-5+. The summed E-state index contributed by atoms with van der Waals surface area (Å²) in [6, 6.07) is 6.43. The van der Waals surface area contributed by atoms with Crippen LogP contribution in [0.5, 0.6) is 0 Å². The van der Waals surface area contributed by atoms with Crippen molar-refractivity contribution in [1.82, 2.24) is 0 Å². The van der Waals surface area contributed by atoms with Crippen LogP contribution in [0.1, 0.15) is 11.1 Å². The summed E-state index contributed by atoms with van der Waals surface area (Å²) in [5, 5.41) is 0.523. The van der Waals surface area contributed by atoms with Crippen LogP contribution in [0.2, 0.25) is 0 Å². The topological polar surface area (TPSA) is 34.1 Å². The predicted octanol–water partition coefficient (Wildman–Crippen LogP) is 4.59. The molecule has 0 saturated carbocycles. The van der Waals surface area contributed by atoms with Crippen molar-refractivity contribution in [3.05, 3.63) is 74.6 Å². The fourth-order valence-corrected chi connectivity index (χ4v) is 3.13. The molecule has 2 rings (SSSR count). The number of hydrogen-bond donors (Lipinski definition) is 0. The van der Waals surface area contributed by atoms with E-state index in [0.29, 0.717) is 17.0 Å². The Morgan fingerprint density at radius 1 is 0.957 bits per heavy atom. The van der Waals surface area contributed by atoms with Crippen LogP contribution in [-0.2, 0) is 15.6 Å². The first kappa shape index (κ1) is 17.7. The predicted molar refractivity (Wildman–Crippen MR) is 82.1 cm³/mol. The zero-order chi connectivity index (χ0) is 17.2. The van der Waals surface area contributed by atoms with Crippen LogP contribution >= 0.6 is 15.9 Å². The third-order valence-corrected chi connectivity index (χ3v) is 4.68. The van der Waals surface area contributed by atoms with Gasteiger partial charge in [-0.2, -0.15) is 0 Å². The van der Waals surface area contributed by atoms with Gasteiger partial charge in [-0.15, -0.1) is 0 Å². The number of rotatable bonds is 4. The Morgan fingerprint density at radius 3 is 2.00 bits per heavy atom. The van der Waals surface area contributed by atoms with E-state index in [2.05, 4.69) is 15.9 Å². The van der Waals surface area contributed by atoms with Crippen molar-refractivity contribution in [3.8, 4) is 0 Å². The summed E-state index contributed by atoms with van der Waals surface area (Å²) in [6.45, 7) is 0. The van der Waals surface area contributed by atoms with Gasteiger partial charge in [0.2, 0.25) is 0 Å². The van der Waals surface area contributed by atoms with E-state index in [0.717, 1.165) is 4.47 Å². The van der Waals surface area contributed by atoms with Gasteiger partial charge in [-0.05, 0) is 23.8 Å². The normalized spacial score (nSPS) is 12.0. The summed E-state index contributed by atoms with van der Waals surface area (Å²) >= 11 is 3.20. The molecule has 2 aromatic carbocycles. The Bertz CT molecular complexity index is 836. The fraction of sp³-hybridized carbons (Fsp3) is 0.0667. The Morgan fingerprint density at radius 2 is 1.48 bits per heavy atom. The zero-order valence-electron chi connectivity index (χ0n) is 11.4. The van der Waals surface area contributed by atoms with Gasteiger partial charge in [0.1, 0.15) is 0 Å². The zero-order valence-corrected chi connectivity index (χ0v) is 13.8. The van der Waals surface area contributed by atoms with Crippen LogP contribution < -0.4 is 0 Å². The molecule has 0 bridgehead atoms. The second kappa shape index (κ2) is 6.84. The van der Waals surface area contributed by atoms with E-state index in [1.807, 2.05) is 0 Å². The highest BCUT2D eigenvalue weighted by atomic mass is 79.9. The quantitative estimate of drug-likeness (QED) is 0.547. The molecule has 0 amide bonds. The molecule has 0 saturated heterocycles. The third-order valence-electron chi connectivity index (χ3n) is 2.87. The summed E-state index contributed by atoms with van der Waals surface area (Å²) in [5.41, 5.74) is -0.633. The highest BCUT2D eigenvalue weighted by Crippen LogP contribution is 2.21. The number of halogens is 5. The highest BCUT2D eigenvalue weighted by Gasteiger charge is 2.18. The Balaban J connectivity index is 2.30. The summed E-state index contributed by atoms with van der Waals surface area (Å²) in [7, 11) is -3.88. The van der Waals surface area contributed by atoms with Crippen molar-refractivity contribution in [3.63, 3.8) is 0 Å². The first-order valence-corrected chi connectivity index (χ1v) is 8.69. The SMILES string of the molecule is O=S(=O)(/C=C/c1c(F)c(F)cc(F)c1F)Cc1ccc(Br)cc1. The van der Waals surface area contributed by atoms with Crippen LogP contribution in [0.4, 0.5) is 17.6 Å². The second-order valence-electron chi connectivity index (χ2n) is 4.62. The van der Waals surface area contributed by atoms with E-state index in [9.17, 15) is 26.0 Å². The lowest BCUT2D eigenvalue weighted by atomic mass is 10.2. The lowest BCUT2D eigenvalue weighted by molar-refractivity contribution is 0.451. The molecule has 2 aromatic rings. The van der Waals surface area contributed by atoms with Crippen molar-refractivity contribution in [2.24, 2.45) is 0 Å². The molecule has 0 atom stereocenters. The average Bonchev–Trinajstić information content (AvgIpc) is 2.47. The molecule has 0 unspecified atom stereocenters. The van der Waals surface area contributed by atoms with Gasteiger partial charge >= 0.3 is 0 Å². The minimum Gasteiger partial charge on any atom is -0.224 e. The molecule has 0 aliphatic heterocycles. The van der Waals surface area contributed by atoms with Crippen LogP contribution in [0, 0.1) is 23.3 Å². The third kappa shape index (κ3) is 4.42. The summed E-state index contributed by atoms with van der Waals surface area (Å²) < 4.78 is 77.6. The molecule has 0 aliphatic rings. The Kier molecular flexibility index (Phi) is 5.26. The molecule has 122 valence electrons. The van der Waals surface area contributed by atoms with Gasteiger partial charge in [0.25, 0.3) is 0 Å². The molecular weight excluding hydrogens is 400 g/mol. The maximum Gasteiger partial charge on any atom is 0.175 e. The molecule has 0 fully saturated rings. The summed E-state index contributed by atoms with van der Waals surface area (Å²) in [5.74, 6) is -6.93. The Hall–Kier alpha value is -1.67. The molecule has 0 aliphatic carbocycles. The number of benzene rings is 2. The smallest absolute Gasteiger partial charge is 0.175 e. The summed E-state index contributed by atoms with van der Waals surface area (Å²) in [4.78, 5) is 0. The van der Waals surface area contributed by atoms with Gasteiger partial charge in [0.05, 0.1) is 11.3 Å². The van der Waals surface area contributed by atoms with Gasteiger partial charge in [-0.25, -0.2) is 26.0 Å². The van der Waals surface area contributed by atoms with Crippen molar-refractivity contribution in [1.29, 1.82) is 0 Å². The average molecular weight is 409 g/mol. The maximum atomic E-state index is 13.5. The largest absolute Gasteiger partial charge is 0.224 e. The molecule has 0 heterocycles. The number of hydrogen-bond acceptors (Lipinski definition) is 2. The molecule has 0 N–H and O–H groups in total. The van der Waals surface area contributed by atoms with Crippen LogP contribution in [0.25, 0.3) is 6.08 Å². The molecule has 23 heavy (non-hydrogen) atoms. The Labute approximate surface area is 138 Å². The van der Waals surface area contributed by atoms with Gasteiger partial charge in [-0.1, -0.05) is 28.1 Å². The maximum absolute atomic E-state index is 13.5. The first-order valence-electron chi connectivity index (χ1n) is 6.18. The van der Waals surface area contributed by atoms with E-state index in [-0.39, 0.29) is 6.07 Å². The van der Waals surface area contributed by atoms with Crippen LogP contribution in [0.15, 0.2) is 40.2 Å². The van der Waals surface area contributed by atoms with Gasteiger partial charge < -0.3 is 0 Å². The van der Waals surface area contributed by atoms with E-state index in [1.165, 1.54) is 0 Å². The minimum absolute atomic E-state index is 0.0539. The molecule has 0 aromatic heterocycles. The molecular formula is C15H9BrF4O2S. The van der Waals surface area contributed by atoms with E-state index in [1.54, 1.807) is 24.3 Å². The van der Waals surface area contributed by atoms with Crippen molar-refractivity contribution >= 4 is 31.8 Å². The molecule has 2 nitrogen and oxygen atoms in total. The van der Waals surface area contributed by atoms with Crippen LogP contribution in [-0.4, -0.2) is 8.42 Å². The molecule has 0 spiro atoms. The summed E-state index contributed by atoms with van der Waals surface area (Å²) in [6.07, 6.45) is 0.505. The van der Waals surface area contributed by atoms with Gasteiger partial charge in [0.15, 0.2) is 33.1 Å². The van der Waals surface area contributed by atoms with Crippen LogP contribution in [0.3, 0.4) is 0 Å². The highest BCUT2D eigenvalue weighted by molar-refractivity contribution is 9.10. The second-order valence-corrected chi connectivity index (χ2v) is 7.42.